The van der Waals surface area contributed by atoms with Crippen molar-refractivity contribution in [3.05, 3.63) is 0 Å². The molecule has 20 rings (SSSR count). The number of methoxy groups -OCH3 is 3. The van der Waals surface area contributed by atoms with Crippen LogP contribution in [-0.2, 0) is 123 Å². The zero-order valence-electron chi connectivity index (χ0n) is 69.8. The van der Waals surface area contributed by atoms with Crippen molar-refractivity contribution in [1.82, 2.24) is 0 Å². The van der Waals surface area contributed by atoms with E-state index in [2.05, 4.69) is 60.7 Å². The van der Waals surface area contributed by atoms with Gasteiger partial charge in [0.2, 0.25) is 0 Å². The molecule has 124 heavy (non-hydrogen) atoms. The van der Waals surface area contributed by atoms with E-state index in [0.29, 0.717) is 138 Å². The summed E-state index contributed by atoms with van der Waals surface area (Å²) in [6.45, 7) is 2.33. The molecule has 20 aliphatic rings. The summed E-state index contributed by atoms with van der Waals surface area (Å²) in [6, 6.07) is 0. The summed E-state index contributed by atoms with van der Waals surface area (Å²) in [5, 5.41) is 45.1. The van der Waals surface area contributed by atoms with E-state index in [-0.39, 0.29) is 46.1 Å². The topological polar surface area (TPSA) is 394 Å². The minimum absolute atomic E-state index is 0.137. The number of rotatable bonds is 43. The third-order valence-electron chi connectivity index (χ3n) is 28.6. The molecule has 20 bridgehead atoms. The number of unbranched alkanes of at least 4 members (excludes halogenated alkanes) is 2. The predicted octanol–water partition coefficient (Wildman–Crippen LogP) is 12.3. The standard InChI is InChI=1S/2C17H26F2O6S.C15H22F2O7S.C15H22F2O6S.C14H20F2O6S/c1-2-3-4-23-16-8-12-5-13(9-16)7-15(6-12,10-16)14(20)22-11-17(18,19)26-25-24-21;1-2-3-4-23-16-7-11-5-12(8-16)14(13(6-11)9-16)15(20)22-10-17(18,19)26-25-24-21;1-20-13-4-10-3-12(6-13,7-14(5-10,8-13)21-2)11(18)22-9-15(16,17)25-24-23-19;1-2-21-14-6-10-3-11(7-14)5-13(4-10,8-14)12(18)20-9-15(16,17)24-23-22-19;1-19-13-5-9-2-10(6-13)4-12(3-9,7-13)11(17)20-8-14(15,16)23-22-21-18/h12-13,21H,2-11H2,1H3;11-14,21H,2-10H2,1H3;10,19H,3-9H2,1-2H3;10-11,19H,2-9H2,1H3;9-10,18H,2-8H2,1H3/p-5. The van der Waals surface area contributed by atoms with Crippen LogP contribution in [0.4, 0.5) is 43.9 Å². The number of hydrogen-bond donors (Lipinski definition) is 0. The Hall–Kier alpha value is -2.44. The van der Waals surface area contributed by atoms with Crippen molar-refractivity contribution >= 4 is 90.1 Å². The summed E-state index contributed by atoms with van der Waals surface area (Å²) in [4.78, 5) is 63.1. The second-order valence-corrected chi connectivity index (χ2v) is 42.3. The highest BCUT2D eigenvalue weighted by molar-refractivity contribution is 7.96. The van der Waals surface area contributed by atoms with Gasteiger partial charge in [0.25, 0.3) is 0 Å². The molecule has 0 aromatic rings. The van der Waals surface area contributed by atoms with Gasteiger partial charge in [0, 0.05) is 47.6 Å². The Kier molecular flexibility index (Phi) is 34.6. The summed E-state index contributed by atoms with van der Waals surface area (Å²) >= 11 is -2.34. The highest BCUT2D eigenvalue weighted by Crippen LogP contribution is 2.69. The lowest BCUT2D eigenvalue weighted by Crippen LogP contribution is -2.66. The molecule has 0 aromatic carbocycles. The monoisotopic (exact) mass is 1890 g/mol. The lowest BCUT2D eigenvalue weighted by Gasteiger charge is -2.64. The number of alkyl halides is 10. The van der Waals surface area contributed by atoms with Crippen molar-refractivity contribution < 1.29 is 193 Å². The van der Waals surface area contributed by atoms with E-state index in [1.807, 2.05) is 6.92 Å². The Morgan fingerprint density at radius 1 is 0.315 bits per heavy atom. The number of carbonyl (C=O) groups is 5. The second-order valence-electron chi connectivity index (χ2n) is 37.8. The fourth-order valence-corrected chi connectivity index (χ4v) is 27.5. The van der Waals surface area contributed by atoms with Gasteiger partial charge in [-0.2, -0.15) is 65.6 Å². The second kappa shape index (κ2) is 42.0. The quantitative estimate of drug-likeness (QED) is 0.0104. The van der Waals surface area contributed by atoms with Gasteiger partial charge < -0.3 is 78.4 Å². The van der Waals surface area contributed by atoms with Crippen molar-refractivity contribution in [3.8, 4) is 0 Å². The lowest BCUT2D eigenvalue weighted by molar-refractivity contribution is -0.777. The first-order valence-corrected chi connectivity index (χ1v) is 45.8. The van der Waals surface area contributed by atoms with Crippen LogP contribution >= 0.6 is 60.2 Å². The van der Waals surface area contributed by atoms with Gasteiger partial charge in [0.05, 0.1) is 61.2 Å². The van der Waals surface area contributed by atoms with Gasteiger partial charge >= 0.3 is 56.1 Å². The Bertz CT molecular complexity index is 3460. The van der Waals surface area contributed by atoms with Gasteiger partial charge in [-0.1, -0.05) is 26.7 Å². The summed E-state index contributed by atoms with van der Waals surface area (Å²) in [5.41, 5.74) is -5.11. The minimum atomic E-state index is -3.58. The van der Waals surface area contributed by atoms with Gasteiger partial charge in [0.15, 0.2) is 33.0 Å². The van der Waals surface area contributed by atoms with Crippen LogP contribution < -0.4 is 26.3 Å². The fourth-order valence-electron chi connectivity index (χ4n) is 26.4. The normalized spacial score (nSPS) is 37.4. The molecule has 0 amide bonds. The van der Waals surface area contributed by atoms with E-state index in [1.165, 1.54) is 0 Å². The summed E-state index contributed by atoms with van der Waals surface area (Å²) in [7, 11) is 4.87. The molecule has 0 aromatic heterocycles. The van der Waals surface area contributed by atoms with Crippen LogP contribution in [-0.4, -0.2) is 164 Å². The average Bonchev–Trinajstić information content (AvgIpc) is 0.707. The minimum Gasteiger partial charge on any atom is -0.691 e. The number of hydrogen-bond acceptors (Lipinski definition) is 36. The van der Waals surface area contributed by atoms with Gasteiger partial charge in [-0.15, -0.1) is 0 Å². The fraction of sp³-hybridized carbons (Fsp3) is 0.936. The SMILES string of the molecule is CCCCOC12CC3CC(C1)C(C(=O)OCC(F)(F)SOO[O-])C(C3)C2.CCCCOC12CC3CC(C1)CC(C(=O)OCC(F)(F)SOO[O-])(C3)C2.CCOC12CC3CC(C1)CC(C(=O)OCC(F)(F)SOO[O-])(C3)C2.COC12CC3CC(C1)CC(C(=O)OCC(F)(F)SOO[O-])(C3)C2.COC12CC3CC(OC)(C1)CC(C(=O)OCC(F)(F)SOO[O-])(C3)C2. The third-order valence-corrected chi connectivity index (χ3v) is 31.0. The van der Waals surface area contributed by atoms with Crippen molar-refractivity contribution in [3.63, 3.8) is 0 Å². The van der Waals surface area contributed by atoms with Gasteiger partial charge in [-0.3, -0.25) is 49.2 Å². The van der Waals surface area contributed by atoms with Crippen LogP contribution in [0.2, 0.25) is 0 Å². The van der Waals surface area contributed by atoms with Crippen LogP contribution in [0.5, 0.6) is 0 Å². The van der Waals surface area contributed by atoms with Crippen LogP contribution in [0.15, 0.2) is 0 Å². The molecule has 20 saturated carbocycles. The molecule has 31 nitrogen and oxygen atoms in total. The molecule has 20 aliphatic carbocycles. The van der Waals surface area contributed by atoms with E-state index in [0.717, 1.165) is 135 Å². The maximum absolute atomic E-state index is 13.5. The molecule has 20 fully saturated rings. The van der Waals surface area contributed by atoms with Gasteiger partial charge in [-0.25, -0.2) is 0 Å². The summed E-state index contributed by atoms with van der Waals surface area (Å²) in [6.07, 6.45) is 27.0. The molecule has 0 aliphatic heterocycles. The van der Waals surface area contributed by atoms with Crippen LogP contribution in [0.3, 0.4) is 0 Å². The van der Waals surface area contributed by atoms with E-state index >= 15 is 0 Å². The Morgan fingerprint density at radius 3 is 0.911 bits per heavy atom. The van der Waals surface area contributed by atoms with Gasteiger partial charge in [-0.05, 0) is 259 Å². The first-order chi connectivity index (χ1) is 58.6. The molecule has 0 N–H and O–H groups in total. The average molecular weight is 1900 g/mol. The van der Waals surface area contributed by atoms with E-state index in [4.69, 9.17) is 52.1 Å². The Morgan fingerprint density at radius 2 is 0.589 bits per heavy atom. The summed E-state index contributed by atoms with van der Waals surface area (Å²) in [5.74, 6) is 0.0000882. The zero-order chi connectivity index (χ0) is 90.1. The largest absolute Gasteiger partial charge is 0.691 e. The maximum atomic E-state index is 13.5. The molecule has 0 spiro atoms. The first-order valence-electron chi connectivity index (χ1n) is 42.1. The van der Waals surface area contributed by atoms with E-state index < -0.39 is 182 Å². The van der Waals surface area contributed by atoms with Crippen molar-refractivity contribution in [2.75, 3.05) is 74.2 Å². The molecule has 10 atom stereocenters. The molecule has 714 valence electrons. The zero-order valence-corrected chi connectivity index (χ0v) is 73.9. The summed E-state index contributed by atoms with van der Waals surface area (Å²) < 4.78 is 213. The predicted molar refractivity (Wildman–Crippen MR) is 401 cm³/mol. The van der Waals surface area contributed by atoms with E-state index in [9.17, 15) is 94.2 Å². The molecular weight excluding hydrogens is 1780 g/mol. The smallest absolute Gasteiger partial charge is 0.354 e. The Balaban J connectivity index is 0.000000151. The number of halogens is 10. The van der Waals surface area contributed by atoms with Gasteiger partial charge in [0.1, 0.15) is 60.2 Å². The molecular formula is C78H111F10O31S5-5. The van der Waals surface area contributed by atoms with Crippen LogP contribution in [0, 0.1) is 86.8 Å². The molecule has 10 unspecified atom stereocenters. The molecule has 0 heterocycles. The van der Waals surface area contributed by atoms with Crippen molar-refractivity contribution in [2.24, 2.45) is 86.8 Å². The van der Waals surface area contributed by atoms with E-state index in [1.54, 1.807) is 21.3 Å². The first kappa shape index (κ1) is 102. The third kappa shape index (κ3) is 24.9. The van der Waals surface area contributed by atoms with Crippen LogP contribution in [0.1, 0.15) is 233 Å². The number of esters is 5. The molecule has 0 saturated heterocycles. The number of ether oxygens (including phenoxy) is 11. The maximum Gasteiger partial charge on any atom is 0.354 e. The lowest BCUT2D eigenvalue weighted by atomic mass is 9.46. The Labute approximate surface area is 733 Å². The molecule has 46 heteroatoms. The highest BCUT2D eigenvalue weighted by atomic mass is 32.2. The van der Waals surface area contributed by atoms with Crippen molar-refractivity contribution in [2.45, 2.75) is 293 Å². The van der Waals surface area contributed by atoms with Crippen molar-refractivity contribution in [1.29, 1.82) is 0 Å². The number of carbonyl (C=O) groups excluding carboxylic acids is 5. The van der Waals surface area contributed by atoms with Crippen LogP contribution in [0.25, 0.3) is 0 Å². The molecule has 0 radical (unpaired) electrons. The highest BCUT2D eigenvalue weighted by Gasteiger charge is 2.70.